The van der Waals surface area contributed by atoms with Crippen LogP contribution in [0.2, 0.25) is 0 Å². The molecule has 106 valence electrons. The van der Waals surface area contributed by atoms with Gasteiger partial charge in [0.1, 0.15) is 4.21 Å². The molecule has 0 fully saturated rings. The van der Waals surface area contributed by atoms with Crippen molar-refractivity contribution in [2.45, 2.75) is 24.0 Å². The van der Waals surface area contributed by atoms with Crippen molar-refractivity contribution < 1.29 is 8.42 Å². The first-order valence-corrected chi connectivity index (χ1v) is 8.78. The number of benzene rings is 1. The predicted octanol–water partition coefficient (Wildman–Crippen LogP) is 2.64. The van der Waals surface area contributed by atoms with Crippen LogP contribution in [0.15, 0.2) is 34.5 Å². The maximum atomic E-state index is 12.8. The minimum Gasteiger partial charge on any atom is -0.397 e. The number of sulfonamides is 1. The maximum Gasteiger partial charge on any atom is 0.273 e. The topological polar surface area (TPSA) is 63.4 Å². The molecule has 1 aromatic heterocycles. The lowest BCUT2D eigenvalue weighted by Crippen LogP contribution is -2.29. The summed E-state index contributed by atoms with van der Waals surface area (Å²) >= 11 is 1.34. The first kappa shape index (κ1) is 13.5. The van der Waals surface area contributed by atoms with Crippen LogP contribution in [0.5, 0.6) is 0 Å². The molecule has 2 heterocycles. The monoisotopic (exact) mass is 308 g/mol. The van der Waals surface area contributed by atoms with Crippen LogP contribution in [0, 0.1) is 0 Å². The predicted molar refractivity (Wildman–Crippen MR) is 82.8 cm³/mol. The number of para-hydroxylation sites is 1. The number of fused-ring (bicyclic) bond motifs is 1. The Morgan fingerprint density at radius 1 is 1.30 bits per heavy atom. The van der Waals surface area contributed by atoms with Crippen molar-refractivity contribution in [1.29, 1.82) is 0 Å². The standard InChI is InChI=1S/C14H16N2O2S2/c1-2-11-6-7-13(19-11)20(17,18)16-9-8-10-4-3-5-12(15)14(10)16/h3-7H,2,8-9,15H2,1H3. The lowest BCUT2D eigenvalue weighted by molar-refractivity contribution is 0.594. The Hall–Kier alpha value is -1.53. The Bertz CT molecular complexity index is 750. The number of hydrogen-bond acceptors (Lipinski definition) is 4. The van der Waals surface area contributed by atoms with Crippen molar-refractivity contribution in [1.82, 2.24) is 0 Å². The Kier molecular flexibility index (Phi) is 3.22. The summed E-state index contributed by atoms with van der Waals surface area (Å²) in [5.74, 6) is 0. The number of nitrogens with two attached hydrogens (primary N) is 1. The van der Waals surface area contributed by atoms with Gasteiger partial charge in [-0.25, -0.2) is 8.42 Å². The molecule has 0 aliphatic carbocycles. The number of rotatable bonds is 3. The number of hydrogen-bond donors (Lipinski definition) is 1. The van der Waals surface area contributed by atoms with Crippen LogP contribution in [0.25, 0.3) is 0 Å². The van der Waals surface area contributed by atoms with Crippen molar-refractivity contribution >= 4 is 32.7 Å². The zero-order valence-electron chi connectivity index (χ0n) is 11.2. The van der Waals surface area contributed by atoms with Crippen molar-refractivity contribution in [3.05, 3.63) is 40.8 Å². The molecule has 0 amide bonds. The Morgan fingerprint density at radius 2 is 2.10 bits per heavy atom. The zero-order valence-corrected chi connectivity index (χ0v) is 12.8. The lowest BCUT2D eigenvalue weighted by atomic mass is 10.1. The first-order valence-electron chi connectivity index (χ1n) is 6.53. The van der Waals surface area contributed by atoms with E-state index in [4.69, 9.17) is 5.73 Å². The summed E-state index contributed by atoms with van der Waals surface area (Å²) in [5, 5.41) is 0. The Balaban J connectivity index is 2.07. The highest BCUT2D eigenvalue weighted by Crippen LogP contribution is 2.38. The third kappa shape index (κ3) is 1.99. The van der Waals surface area contributed by atoms with Gasteiger partial charge in [-0.15, -0.1) is 11.3 Å². The van der Waals surface area contributed by atoms with Gasteiger partial charge < -0.3 is 5.73 Å². The molecule has 1 aliphatic rings. The van der Waals surface area contributed by atoms with Gasteiger partial charge in [0.15, 0.2) is 0 Å². The molecule has 0 radical (unpaired) electrons. The molecule has 20 heavy (non-hydrogen) atoms. The molecule has 1 aromatic carbocycles. The van der Waals surface area contributed by atoms with Gasteiger partial charge in [-0.05, 0) is 36.6 Å². The van der Waals surface area contributed by atoms with Crippen LogP contribution in [0.1, 0.15) is 17.4 Å². The molecule has 1 aliphatic heterocycles. The summed E-state index contributed by atoms with van der Waals surface area (Å²) in [6.07, 6.45) is 1.56. The molecular formula is C14H16N2O2S2. The van der Waals surface area contributed by atoms with E-state index in [0.29, 0.717) is 28.5 Å². The molecular weight excluding hydrogens is 292 g/mol. The smallest absolute Gasteiger partial charge is 0.273 e. The second kappa shape index (κ2) is 4.79. The molecule has 6 heteroatoms. The SMILES string of the molecule is CCc1ccc(S(=O)(=O)N2CCc3cccc(N)c32)s1. The van der Waals surface area contributed by atoms with E-state index in [1.54, 1.807) is 12.1 Å². The molecule has 4 nitrogen and oxygen atoms in total. The van der Waals surface area contributed by atoms with E-state index in [1.807, 2.05) is 25.1 Å². The number of aryl methyl sites for hydroxylation is 1. The number of nitrogen functional groups attached to an aromatic ring is 1. The van der Waals surface area contributed by atoms with Crippen LogP contribution < -0.4 is 10.0 Å². The van der Waals surface area contributed by atoms with Crippen LogP contribution >= 0.6 is 11.3 Å². The fourth-order valence-corrected chi connectivity index (χ4v) is 5.43. The molecule has 3 rings (SSSR count). The summed E-state index contributed by atoms with van der Waals surface area (Å²) in [5.41, 5.74) is 8.14. The maximum absolute atomic E-state index is 12.8. The van der Waals surface area contributed by atoms with Crippen LogP contribution in [-0.4, -0.2) is 15.0 Å². The number of anilines is 2. The van der Waals surface area contributed by atoms with Gasteiger partial charge in [0, 0.05) is 11.4 Å². The average Bonchev–Trinajstić information content (AvgIpc) is 3.06. The summed E-state index contributed by atoms with van der Waals surface area (Å²) in [6, 6.07) is 9.12. The molecule has 0 bridgehead atoms. The molecule has 2 aromatic rings. The number of thiophene rings is 1. The minimum absolute atomic E-state index is 0.394. The van der Waals surface area contributed by atoms with Crippen molar-refractivity contribution in [3.8, 4) is 0 Å². The van der Waals surface area contributed by atoms with Crippen molar-refractivity contribution in [2.75, 3.05) is 16.6 Å². The van der Waals surface area contributed by atoms with Gasteiger partial charge >= 0.3 is 0 Å². The van der Waals surface area contributed by atoms with E-state index in [0.717, 1.165) is 16.9 Å². The highest BCUT2D eigenvalue weighted by molar-refractivity contribution is 7.94. The quantitative estimate of drug-likeness (QED) is 0.887. The van der Waals surface area contributed by atoms with E-state index >= 15 is 0 Å². The van der Waals surface area contributed by atoms with E-state index in [9.17, 15) is 8.42 Å². The van der Waals surface area contributed by atoms with Crippen LogP contribution in [-0.2, 0) is 22.9 Å². The molecule has 0 atom stereocenters. The van der Waals surface area contributed by atoms with Gasteiger partial charge in [-0.3, -0.25) is 4.31 Å². The van der Waals surface area contributed by atoms with Gasteiger partial charge in [-0.1, -0.05) is 19.1 Å². The first-order chi connectivity index (χ1) is 9.54. The molecule has 0 spiro atoms. The zero-order chi connectivity index (χ0) is 14.3. The van der Waals surface area contributed by atoms with E-state index < -0.39 is 10.0 Å². The fourth-order valence-electron chi connectivity index (χ4n) is 2.49. The summed E-state index contributed by atoms with van der Waals surface area (Å²) in [4.78, 5) is 1.07. The molecule has 0 saturated carbocycles. The highest BCUT2D eigenvalue weighted by atomic mass is 32.2. The van der Waals surface area contributed by atoms with Gasteiger partial charge in [0.25, 0.3) is 10.0 Å². The third-order valence-corrected chi connectivity index (χ3v) is 7.01. The van der Waals surface area contributed by atoms with E-state index in [-0.39, 0.29) is 0 Å². The minimum atomic E-state index is -3.49. The third-order valence-electron chi connectivity index (χ3n) is 3.51. The number of nitrogens with zero attached hydrogens (tertiary/aromatic N) is 1. The average molecular weight is 308 g/mol. The highest BCUT2D eigenvalue weighted by Gasteiger charge is 2.33. The molecule has 2 N–H and O–H groups in total. The second-order valence-corrected chi connectivity index (χ2v) is 8.01. The molecule has 0 unspecified atom stereocenters. The second-order valence-electron chi connectivity index (χ2n) is 4.76. The van der Waals surface area contributed by atoms with E-state index in [1.165, 1.54) is 15.6 Å². The summed E-state index contributed by atoms with van der Waals surface area (Å²) in [6.45, 7) is 2.48. The van der Waals surface area contributed by atoms with Crippen molar-refractivity contribution in [3.63, 3.8) is 0 Å². The fraction of sp³-hybridized carbons (Fsp3) is 0.286. The van der Waals surface area contributed by atoms with Crippen LogP contribution in [0.3, 0.4) is 0 Å². The van der Waals surface area contributed by atoms with Gasteiger partial charge in [-0.2, -0.15) is 0 Å². The normalized spacial score (nSPS) is 14.6. The Morgan fingerprint density at radius 3 is 2.80 bits per heavy atom. The summed E-state index contributed by atoms with van der Waals surface area (Å²) < 4.78 is 27.4. The van der Waals surface area contributed by atoms with E-state index in [2.05, 4.69) is 0 Å². The van der Waals surface area contributed by atoms with Crippen molar-refractivity contribution in [2.24, 2.45) is 0 Å². The summed E-state index contributed by atoms with van der Waals surface area (Å²) in [7, 11) is -3.49. The lowest BCUT2D eigenvalue weighted by Gasteiger charge is -2.19. The molecule has 0 saturated heterocycles. The largest absolute Gasteiger partial charge is 0.397 e. The van der Waals surface area contributed by atoms with Crippen LogP contribution in [0.4, 0.5) is 11.4 Å². The van der Waals surface area contributed by atoms with Gasteiger partial charge in [0.2, 0.25) is 0 Å². The van der Waals surface area contributed by atoms with Gasteiger partial charge in [0.05, 0.1) is 11.4 Å². The Labute approximate surface area is 122 Å².